The molecular formula is C28H27N5O3S. The normalized spacial score (nSPS) is 14.4. The largest absolute Gasteiger partial charge is 0.340 e. The summed E-state index contributed by atoms with van der Waals surface area (Å²) in [4.78, 5) is 22.3. The molecule has 0 amide bonds. The van der Waals surface area contributed by atoms with Crippen molar-refractivity contribution in [2.75, 3.05) is 36.4 Å². The van der Waals surface area contributed by atoms with E-state index >= 15 is 0 Å². The number of hydrogen-bond acceptors (Lipinski definition) is 7. The highest BCUT2D eigenvalue weighted by Gasteiger charge is 2.29. The molecule has 0 atom stereocenters. The second kappa shape index (κ2) is 10.5. The summed E-state index contributed by atoms with van der Waals surface area (Å²) in [5, 5.41) is 3.36. The van der Waals surface area contributed by atoms with Crippen LogP contribution in [0.2, 0.25) is 0 Å². The van der Waals surface area contributed by atoms with Gasteiger partial charge in [0, 0.05) is 49.2 Å². The van der Waals surface area contributed by atoms with Gasteiger partial charge in [-0.25, -0.2) is 13.4 Å². The van der Waals surface area contributed by atoms with Crippen molar-refractivity contribution in [1.82, 2.24) is 14.3 Å². The molecular weight excluding hydrogens is 486 g/mol. The van der Waals surface area contributed by atoms with E-state index in [1.54, 1.807) is 0 Å². The van der Waals surface area contributed by atoms with Crippen LogP contribution in [0.15, 0.2) is 89.8 Å². The van der Waals surface area contributed by atoms with Gasteiger partial charge in [0.2, 0.25) is 16.0 Å². The fraction of sp³-hybridized carbons (Fsp3) is 0.179. The molecule has 1 saturated heterocycles. The van der Waals surface area contributed by atoms with E-state index in [1.807, 2.05) is 48.2 Å². The van der Waals surface area contributed by atoms with Gasteiger partial charge in [-0.2, -0.15) is 9.29 Å². The highest BCUT2D eigenvalue weighted by atomic mass is 32.2. The predicted molar refractivity (Wildman–Crippen MR) is 145 cm³/mol. The highest BCUT2D eigenvalue weighted by Crippen LogP contribution is 2.25. The van der Waals surface area contributed by atoms with Gasteiger partial charge in [0.25, 0.3) is 0 Å². The van der Waals surface area contributed by atoms with Gasteiger partial charge in [0.05, 0.1) is 4.90 Å². The minimum absolute atomic E-state index is 0.183. The molecule has 1 aliphatic heterocycles. The molecule has 188 valence electrons. The Labute approximate surface area is 216 Å². The first-order valence-corrected chi connectivity index (χ1v) is 13.4. The average molecular weight is 514 g/mol. The molecule has 0 spiro atoms. The lowest BCUT2D eigenvalue weighted by atomic mass is 10.1. The number of sulfonamides is 1. The smallest absolute Gasteiger partial charge is 0.243 e. The van der Waals surface area contributed by atoms with Crippen molar-refractivity contribution >= 4 is 33.8 Å². The summed E-state index contributed by atoms with van der Waals surface area (Å²) in [6, 6.07) is 26.2. The van der Waals surface area contributed by atoms with Gasteiger partial charge < -0.3 is 10.2 Å². The molecule has 37 heavy (non-hydrogen) atoms. The van der Waals surface area contributed by atoms with Crippen molar-refractivity contribution in [3.05, 3.63) is 96.2 Å². The van der Waals surface area contributed by atoms with E-state index < -0.39 is 10.0 Å². The van der Waals surface area contributed by atoms with Crippen molar-refractivity contribution in [2.24, 2.45) is 0 Å². The maximum Gasteiger partial charge on any atom is 0.243 e. The van der Waals surface area contributed by atoms with E-state index in [4.69, 9.17) is 4.98 Å². The lowest BCUT2D eigenvalue weighted by molar-refractivity contribution is 0.112. The minimum Gasteiger partial charge on any atom is -0.340 e. The number of benzene rings is 3. The van der Waals surface area contributed by atoms with Crippen LogP contribution in [-0.4, -0.2) is 55.2 Å². The van der Waals surface area contributed by atoms with Crippen molar-refractivity contribution in [3.63, 3.8) is 0 Å². The monoisotopic (exact) mass is 513 g/mol. The number of nitrogens with zero attached hydrogens (tertiary/aromatic N) is 4. The van der Waals surface area contributed by atoms with Gasteiger partial charge in [-0.15, -0.1) is 0 Å². The van der Waals surface area contributed by atoms with Gasteiger partial charge in [0.15, 0.2) is 0 Å². The third-order valence-electron chi connectivity index (χ3n) is 6.28. The maximum absolute atomic E-state index is 13.0. The van der Waals surface area contributed by atoms with Gasteiger partial charge in [-0.05, 0) is 42.3 Å². The Morgan fingerprint density at radius 1 is 0.811 bits per heavy atom. The topological polar surface area (TPSA) is 95.5 Å². The molecule has 5 rings (SSSR count). The third-order valence-corrected chi connectivity index (χ3v) is 8.20. The quantitative estimate of drug-likeness (QED) is 0.363. The number of aromatic nitrogens is 2. The van der Waals surface area contributed by atoms with Crippen molar-refractivity contribution in [3.8, 4) is 11.1 Å². The van der Waals surface area contributed by atoms with Gasteiger partial charge in [0.1, 0.15) is 12.1 Å². The van der Waals surface area contributed by atoms with E-state index in [-0.39, 0.29) is 4.90 Å². The molecule has 1 N–H and O–H groups in total. The van der Waals surface area contributed by atoms with Crippen molar-refractivity contribution in [1.29, 1.82) is 0 Å². The molecule has 8 nitrogen and oxygen atoms in total. The van der Waals surface area contributed by atoms with Crippen molar-refractivity contribution in [2.45, 2.75) is 11.8 Å². The van der Waals surface area contributed by atoms with Crippen LogP contribution in [0.4, 0.5) is 17.5 Å². The number of aldehydes is 1. The number of nitrogens with one attached hydrogen (secondary N) is 1. The average Bonchev–Trinajstić information content (AvgIpc) is 2.94. The number of rotatable bonds is 7. The van der Waals surface area contributed by atoms with Crippen LogP contribution in [0.25, 0.3) is 11.1 Å². The second-order valence-electron chi connectivity index (χ2n) is 8.84. The molecule has 1 fully saturated rings. The molecule has 1 aliphatic rings. The molecule has 0 unspecified atom stereocenters. The zero-order chi connectivity index (χ0) is 25.8. The summed E-state index contributed by atoms with van der Waals surface area (Å²) in [5.41, 5.74) is 4.47. The number of anilines is 3. The summed E-state index contributed by atoms with van der Waals surface area (Å²) in [5.74, 6) is 1.25. The summed E-state index contributed by atoms with van der Waals surface area (Å²) >= 11 is 0. The number of carbonyl (C=O) groups excluding carboxylic acids is 1. The Hall–Kier alpha value is -4.08. The highest BCUT2D eigenvalue weighted by molar-refractivity contribution is 7.89. The fourth-order valence-electron chi connectivity index (χ4n) is 4.28. The summed E-state index contributed by atoms with van der Waals surface area (Å²) in [6.07, 6.45) is 0.694. The maximum atomic E-state index is 13.0. The SMILES string of the molecule is Cc1cc(Nc2ccc(-c3ccccc3)cc2)nc(N2CCN(S(=O)(=O)c3ccc(C=O)cc3)CC2)n1. The Balaban J connectivity index is 1.26. The van der Waals surface area contributed by atoms with E-state index in [1.165, 1.54) is 28.6 Å². The molecule has 1 aromatic heterocycles. The summed E-state index contributed by atoms with van der Waals surface area (Å²) < 4.78 is 27.5. The van der Waals surface area contributed by atoms with E-state index in [9.17, 15) is 13.2 Å². The van der Waals surface area contributed by atoms with Gasteiger partial charge in [-0.1, -0.05) is 54.6 Å². The molecule has 2 heterocycles. The van der Waals surface area contributed by atoms with Crippen LogP contribution in [0.3, 0.4) is 0 Å². The van der Waals surface area contributed by atoms with E-state index in [0.717, 1.165) is 22.5 Å². The zero-order valence-electron chi connectivity index (χ0n) is 20.4. The van der Waals surface area contributed by atoms with Gasteiger partial charge >= 0.3 is 0 Å². The van der Waals surface area contributed by atoms with Crippen LogP contribution in [0, 0.1) is 6.92 Å². The summed E-state index contributed by atoms with van der Waals surface area (Å²) in [7, 11) is -3.64. The minimum atomic E-state index is -3.64. The standard InChI is InChI=1S/C28H27N5O3S/c1-21-19-27(30-25-11-9-24(10-12-25)23-5-3-2-4-6-23)31-28(29-21)32-15-17-33(18-16-32)37(35,36)26-13-7-22(20-34)8-14-26/h2-14,19-20H,15-18H2,1H3,(H,29,30,31). The van der Waals surface area contributed by atoms with E-state index in [0.29, 0.717) is 49.8 Å². The Morgan fingerprint density at radius 3 is 2.11 bits per heavy atom. The first-order valence-electron chi connectivity index (χ1n) is 12.0. The zero-order valence-corrected chi connectivity index (χ0v) is 21.2. The molecule has 0 bridgehead atoms. The Morgan fingerprint density at radius 2 is 1.46 bits per heavy atom. The van der Waals surface area contributed by atoms with Crippen LogP contribution in [0.5, 0.6) is 0 Å². The predicted octanol–water partition coefficient (Wildman–Crippen LogP) is 4.52. The molecule has 0 saturated carbocycles. The van der Waals surface area contributed by atoms with Crippen molar-refractivity contribution < 1.29 is 13.2 Å². The molecule has 0 radical (unpaired) electrons. The molecule has 3 aromatic carbocycles. The van der Waals surface area contributed by atoms with Gasteiger partial charge in [-0.3, -0.25) is 4.79 Å². The van der Waals surface area contributed by atoms with E-state index in [2.05, 4.69) is 34.6 Å². The second-order valence-corrected chi connectivity index (χ2v) is 10.8. The Kier molecular flexibility index (Phi) is 6.98. The molecule has 9 heteroatoms. The molecule has 0 aliphatic carbocycles. The lowest BCUT2D eigenvalue weighted by Crippen LogP contribution is -2.49. The number of carbonyl (C=O) groups is 1. The number of hydrogen-bond donors (Lipinski definition) is 1. The lowest BCUT2D eigenvalue weighted by Gasteiger charge is -2.34. The Bertz CT molecular complexity index is 1480. The number of piperazine rings is 1. The first kappa shape index (κ1) is 24.6. The first-order chi connectivity index (χ1) is 17.9. The summed E-state index contributed by atoms with van der Waals surface area (Å²) in [6.45, 7) is 3.50. The number of aryl methyl sites for hydroxylation is 1. The fourth-order valence-corrected chi connectivity index (χ4v) is 5.70. The molecule has 4 aromatic rings. The van der Waals surface area contributed by atoms with Crippen LogP contribution in [0.1, 0.15) is 16.1 Å². The van der Waals surface area contributed by atoms with Crippen LogP contribution < -0.4 is 10.2 Å². The third kappa shape index (κ3) is 5.52. The van der Waals surface area contributed by atoms with Crippen LogP contribution >= 0.6 is 0 Å². The van der Waals surface area contributed by atoms with Crippen LogP contribution in [-0.2, 0) is 10.0 Å².